The minimum atomic E-state index is -3.18. The summed E-state index contributed by atoms with van der Waals surface area (Å²) in [5, 5.41) is 0. The zero-order valence-corrected chi connectivity index (χ0v) is 16.8. The molecule has 0 aromatic heterocycles. The van der Waals surface area contributed by atoms with Crippen molar-refractivity contribution in [3.05, 3.63) is 29.8 Å². The second-order valence-corrected chi connectivity index (χ2v) is 9.68. The van der Waals surface area contributed by atoms with Gasteiger partial charge in [-0.15, -0.1) is 0 Å². The zero-order chi connectivity index (χ0) is 19.5. The van der Waals surface area contributed by atoms with Gasteiger partial charge in [0.1, 0.15) is 0 Å². The number of ether oxygens (including phenoxy) is 2. The molecule has 0 N–H and O–H groups in total. The third kappa shape index (κ3) is 5.07. The maximum absolute atomic E-state index is 12.4. The molecule has 2 fully saturated rings. The van der Waals surface area contributed by atoms with Gasteiger partial charge >= 0.3 is 0 Å². The fourth-order valence-electron chi connectivity index (χ4n) is 3.91. The number of amides is 1. The number of nitrogens with zero attached hydrogens (tertiary/aromatic N) is 2. The van der Waals surface area contributed by atoms with Crippen LogP contribution in [0.3, 0.4) is 0 Å². The van der Waals surface area contributed by atoms with E-state index in [1.165, 1.54) is 6.26 Å². The Morgan fingerprint density at radius 3 is 2.63 bits per heavy atom. The molecule has 7 nitrogen and oxygen atoms in total. The van der Waals surface area contributed by atoms with Crippen molar-refractivity contribution in [3.63, 3.8) is 0 Å². The molecule has 8 heteroatoms. The molecule has 2 heterocycles. The summed E-state index contributed by atoms with van der Waals surface area (Å²) in [5.74, 6) is 0.162. The topological polar surface area (TPSA) is 76.2 Å². The van der Waals surface area contributed by atoms with E-state index in [9.17, 15) is 13.2 Å². The Morgan fingerprint density at radius 1 is 1.22 bits per heavy atom. The Kier molecular flexibility index (Phi) is 6.20. The van der Waals surface area contributed by atoms with Gasteiger partial charge in [-0.25, -0.2) is 8.42 Å². The summed E-state index contributed by atoms with van der Waals surface area (Å²) in [4.78, 5) is 16.9. The normalized spacial score (nSPS) is 24.5. The van der Waals surface area contributed by atoms with Gasteiger partial charge in [0.05, 0.1) is 24.7 Å². The molecule has 3 rings (SSSR count). The van der Waals surface area contributed by atoms with E-state index in [0.29, 0.717) is 50.8 Å². The van der Waals surface area contributed by atoms with Gasteiger partial charge in [-0.1, -0.05) is 12.1 Å². The zero-order valence-electron chi connectivity index (χ0n) is 16.0. The minimum Gasteiger partial charge on any atom is -0.383 e. The van der Waals surface area contributed by atoms with Gasteiger partial charge in [-0.2, -0.15) is 0 Å². The molecule has 0 aliphatic carbocycles. The lowest BCUT2D eigenvalue weighted by Gasteiger charge is -2.31. The summed E-state index contributed by atoms with van der Waals surface area (Å²) in [6.07, 6.45) is 1.71. The van der Waals surface area contributed by atoms with Gasteiger partial charge in [-0.05, 0) is 17.7 Å². The summed E-state index contributed by atoms with van der Waals surface area (Å²) in [5.41, 5.74) is 0.869. The second kappa shape index (κ2) is 8.26. The van der Waals surface area contributed by atoms with Crippen molar-refractivity contribution in [1.29, 1.82) is 0 Å². The van der Waals surface area contributed by atoms with E-state index < -0.39 is 9.84 Å². The van der Waals surface area contributed by atoms with Gasteiger partial charge in [0, 0.05) is 57.9 Å². The molecule has 0 radical (unpaired) electrons. The fraction of sp³-hybridized carbons (Fsp3) is 0.632. The number of hydrogen-bond acceptors (Lipinski definition) is 6. The van der Waals surface area contributed by atoms with Crippen LogP contribution in [0.1, 0.15) is 12.0 Å². The van der Waals surface area contributed by atoms with Gasteiger partial charge in [0.15, 0.2) is 9.84 Å². The highest BCUT2D eigenvalue weighted by Crippen LogP contribution is 2.34. The molecule has 1 amide bonds. The largest absolute Gasteiger partial charge is 0.383 e. The number of sulfone groups is 1. The molecule has 1 aromatic carbocycles. The maximum Gasteiger partial charge on any atom is 0.223 e. The van der Waals surface area contributed by atoms with Crippen LogP contribution >= 0.6 is 0 Å². The first-order valence-electron chi connectivity index (χ1n) is 9.17. The fourth-order valence-corrected chi connectivity index (χ4v) is 4.54. The van der Waals surface area contributed by atoms with Crippen LogP contribution in [0, 0.1) is 5.41 Å². The molecule has 1 spiro atoms. The van der Waals surface area contributed by atoms with Gasteiger partial charge in [0.2, 0.25) is 5.91 Å². The van der Waals surface area contributed by atoms with E-state index in [-0.39, 0.29) is 11.3 Å². The van der Waals surface area contributed by atoms with E-state index in [1.54, 1.807) is 19.2 Å². The Morgan fingerprint density at radius 2 is 1.96 bits per heavy atom. The van der Waals surface area contributed by atoms with Crippen molar-refractivity contribution in [2.45, 2.75) is 17.9 Å². The van der Waals surface area contributed by atoms with Crippen LogP contribution in [0.15, 0.2) is 29.2 Å². The number of likely N-dealkylation sites (tertiary alicyclic amines) is 1. The summed E-state index contributed by atoms with van der Waals surface area (Å²) in [7, 11) is -1.54. The van der Waals surface area contributed by atoms with Crippen LogP contribution in [0.2, 0.25) is 0 Å². The quantitative estimate of drug-likeness (QED) is 0.708. The molecule has 0 saturated carbocycles. The predicted octanol–water partition coefficient (Wildman–Crippen LogP) is 0.787. The van der Waals surface area contributed by atoms with Crippen molar-refractivity contribution >= 4 is 15.7 Å². The molecule has 1 aromatic rings. The van der Waals surface area contributed by atoms with Crippen LogP contribution in [0.5, 0.6) is 0 Å². The van der Waals surface area contributed by atoms with Crippen LogP contribution in [0.4, 0.5) is 0 Å². The predicted molar refractivity (Wildman–Crippen MR) is 101 cm³/mol. The third-order valence-electron chi connectivity index (χ3n) is 5.25. The minimum absolute atomic E-state index is 0.162. The number of carbonyl (C=O) groups excluding carboxylic acids is 1. The Labute approximate surface area is 161 Å². The number of rotatable bonds is 6. The Hall–Kier alpha value is -1.48. The molecular weight excluding hydrogens is 368 g/mol. The van der Waals surface area contributed by atoms with Gasteiger partial charge in [-0.3, -0.25) is 9.69 Å². The molecule has 0 unspecified atom stereocenters. The number of methoxy groups -OCH3 is 1. The highest BCUT2D eigenvalue weighted by atomic mass is 32.2. The monoisotopic (exact) mass is 396 g/mol. The summed E-state index contributed by atoms with van der Waals surface area (Å²) < 4.78 is 34.2. The van der Waals surface area contributed by atoms with E-state index in [1.807, 2.05) is 17.0 Å². The number of benzene rings is 1. The summed E-state index contributed by atoms with van der Waals surface area (Å²) in [6, 6.07) is 7.03. The van der Waals surface area contributed by atoms with Crippen molar-refractivity contribution in [3.8, 4) is 0 Å². The smallest absolute Gasteiger partial charge is 0.223 e. The lowest BCUT2D eigenvalue weighted by Crippen LogP contribution is -2.40. The molecular formula is C19H28N2O5S. The lowest BCUT2D eigenvalue weighted by atomic mass is 9.87. The van der Waals surface area contributed by atoms with Gasteiger partial charge < -0.3 is 14.4 Å². The van der Waals surface area contributed by atoms with Gasteiger partial charge in [0.25, 0.3) is 0 Å². The van der Waals surface area contributed by atoms with Crippen molar-refractivity contribution in [2.24, 2.45) is 5.41 Å². The van der Waals surface area contributed by atoms with Crippen molar-refractivity contribution < 1.29 is 22.7 Å². The number of carbonyl (C=O) groups is 1. The standard InChI is InChI=1S/C19H28N2O5S/c1-25-9-8-21-14-19(11-18(21)22)13-20(7-10-26-15-19)12-16-3-5-17(6-4-16)27(2,23)24/h3-6H,7-15H2,1-2H3/t19-/m0/s1. The SMILES string of the molecule is COCCN1C[C@]2(COCCN(Cc3ccc(S(C)(=O)=O)cc3)C2)CC1=O. The van der Waals surface area contributed by atoms with Crippen LogP contribution in [-0.2, 0) is 30.7 Å². The van der Waals surface area contributed by atoms with Crippen molar-refractivity contribution in [1.82, 2.24) is 9.80 Å². The first-order valence-corrected chi connectivity index (χ1v) is 11.1. The molecule has 1 atom stereocenters. The highest BCUT2D eigenvalue weighted by Gasteiger charge is 2.45. The van der Waals surface area contributed by atoms with Crippen LogP contribution in [-0.4, -0.2) is 83.5 Å². The van der Waals surface area contributed by atoms with E-state index in [0.717, 1.165) is 18.7 Å². The number of hydrogen-bond donors (Lipinski definition) is 0. The average molecular weight is 397 g/mol. The first kappa shape index (κ1) is 20.3. The average Bonchev–Trinajstić information content (AvgIpc) is 2.78. The molecule has 150 valence electrons. The van der Waals surface area contributed by atoms with Crippen LogP contribution in [0.25, 0.3) is 0 Å². The Balaban J connectivity index is 1.67. The first-order chi connectivity index (χ1) is 12.8. The highest BCUT2D eigenvalue weighted by molar-refractivity contribution is 7.90. The van der Waals surface area contributed by atoms with E-state index >= 15 is 0 Å². The lowest BCUT2D eigenvalue weighted by molar-refractivity contribution is -0.128. The molecule has 2 saturated heterocycles. The molecule has 2 aliphatic heterocycles. The van der Waals surface area contributed by atoms with Crippen molar-refractivity contribution in [2.75, 3.05) is 59.4 Å². The third-order valence-corrected chi connectivity index (χ3v) is 6.38. The van der Waals surface area contributed by atoms with E-state index in [4.69, 9.17) is 9.47 Å². The van der Waals surface area contributed by atoms with Crippen LogP contribution < -0.4 is 0 Å². The molecule has 0 bridgehead atoms. The summed E-state index contributed by atoms with van der Waals surface area (Å²) in [6.45, 7) is 5.36. The maximum atomic E-state index is 12.4. The Bertz CT molecular complexity index is 765. The molecule has 27 heavy (non-hydrogen) atoms. The second-order valence-electron chi connectivity index (χ2n) is 7.66. The molecule has 2 aliphatic rings. The summed E-state index contributed by atoms with van der Waals surface area (Å²) >= 11 is 0. The van der Waals surface area contributed by atoms with E-state index in [2.05, 4.69) is 4.90 Å².